The molecule has 4 saturated carbocycles. The van der Waals surface area contributed by atoms with E-state index in [-0.39, 0.29) is 41.7 Å². The first kappa shape index (κ1) is 20.0. The van der Waals surface area contributed by atoms with Crippen LogP contribution in [-0.2, 0) is 33.3 Å². The zero-order chi connectivity index (χ0) is 22.0. The Balaban J connectivity index is 1.48. The Morgan fingerprint density at radius 2 is 1.90 bits per heavy atom. The third-order valence-corrected chi connectivity index (χ3v) is 10.0. The van der Waals surface area contributed by atoms with Crippen LogP contribution in [0.3, 0.4) is 0 Å². The lowest BCUT2D eigenvalue weighted by Gasteiger charge is -2.47. The van der Waals surface area contributed by atoms with Crippen LogP contribution in [0.4, 0.5) is 0 Å². The standard InChI is InChI=1S/C23H30O8/c1-12(25)29-16-5-7-23-15-4-6-21(30-13(2)26)9-20(15,10-22(21)11-28-22)14(8-24)17(23)19(16,3)18(27)31-23/h14-17,24H,4-11H2,1-3H3/t14-,15+,16-,17+,19+,20-,21-,22?,23+/m0/s1. The van der Waals surface area contributed by atoms with E-state index in [2.05, 4.69) is 0 Å². The number of hydrogen-bond acceptors (Lipinski definition) is 8. The Hall–Kier alpha value is -1.67. The molecule has 6 rings (SSSR count). The summed E-state index contributed by atoms with van der Waals surface area (Å²) in [7, 11) is 0. The predicted octanol–water partition coefficient (Wildman–Crippen LogP) is 1.51. The maximum absolute atomic E-state index is 13.3. The van der Waals surface area contributed by atoms with Crippen molar-refractivity contribution < 1.29 is 38.4 Å². The fourth-order valence-electron chi connectivity index (χ4n) is 9.23. The summed E-state index contributed by atoms with van der Waals surface area (Å²) in [5.74, 6) is -1.43. The lowest BCUT2D eigenvalue weighted by Crippen LogP contribution is -2.54. The van der Waals surface area contributed by atoms with Crippen LogP contribution in [0.25, 0.3) is 0 Å². The van der Waals surface area contributed by atoms with Crippen LogP contribution >= 0.6 is 0 Å². The van der Waals surface area contributed by atoms with Crippen molar-refractivity contribution in [1.82, 2.24) is 0 Å². The second-order valence-electron chi connectivity index (χ2n) is 11.1. The number of fused-ring (bicyclic) bond motifs is 2. The van der Waals surface area contributed by atoms with Gasteiger partial charge in [-0.3, -0.25) is 14.4 Å². The summed E-state index contributed by atoms with van der Waals surface area (Å²) in [4.78, 5) is 37.1. The van der Waals surface area contributed by atoms with Gasteiger partial charge in [-0.15, -0.1) is 0 Å². The molecular formula is C23H30O8. The molecule has 0 aromatic rings. The van der Waals surface area contributed by atoms with Crippen LogP contribution in [0.1, 0.15) is 59.3 Å². The van der Waals surface area contributed by atoms with E-state index in [4.69, 9.17) is 18.9 Å². The highest BCUT2D eigenvalue weighted by molar-refractivity contribution is 5.83. The topological polar surface area (TPSA) is 112 Å². The van der Waals surface area contributed by atoms with E-state index in [1.54, 1.807) is 0 Å². The molecule has 2 saturated heterocycles. The normalized spacial score (nSPS) is 55.4. The van der Waals surface area contributed by atoms with Gasteiger partial charge >= 0.3 is 17.9 Å². The molecule has 2 heterocycles. The number of hydrogen-bond donors (Lipinski definition) is 1. The highest BCUT2D eigenvalue weighted by Crippen LogP contribution is 2.81. The van der Waals surface area contributed by atoms with E-state index in [0.717, 1.165) is 6.42 Å². The van der Waals surface area contributed by atoms with Crippen LogP contribution < -0.4 is 0 Å². The van der Waals surface area contributed by atoms with E-state index in [1.165, 1.54) is 13.8 Å². The molecule has 31 heavy (non-hydrogen) atoms. The van der Waals surface area contributed by atoms with Gasteiger partial charge in [0.25, 0.3) is 0 Å². The molecule has 6 fully saturated rings. The molecule has 0 radical (unpaired) electrons. The molecule has 6 aliphatic rings. The summed E-state index contributed by atoms with van der Waals surface area (Å²) < 4.78 is 23.9. The van der Waals surface area contributed by atoms with Crippen LogP contribution in [-0.4, -0.2) is 59.1 Å². The van der Waals surface area contributed by atoms with Gasteiger partial charge in [-0.05, 0) is 56.8 Å². The number of carbonyl (C=O) groups excluding carboxylic acids is 3. The van der Waals surface area contributed by atoms with Crippen LogP contribution in [0.2, 0.25) is 0 Å². The number of ether oxygens (including phenoxy) is 4. The zero-order valence-corrected chi connectivity index (χ0v) is 18.3. The average Bonchev–Trinajstić information content (AvgIpc) is 3.34. The summed E-state index contributed by atoms with van der Waals surface area (Å²) >= 11 is 0. The van der Waals surface area contributed by atoms with Gasteiger partial charge in [-0.1, -0.05) is 0 Å². The van der Waals surface area contributed by atoms with Crippen molar-refractivity contribution in [3.05, 3.63) is 0 Å². The smallest absolute Gasteiger partial charge is 0.316 e. The predicted molar refractivity (Wildman–Crippen MR) is 103 cm³/mol. The quantitative estimate of drug-likeness (QED) is 0.404. The van der Waals surface area contributed by atoms with E-state index in [0.29, 0.717) is 38.7 Å². The minimum Gasteiger partial charge on any atom is -0.461 e. The third kappa shape index (κ3) is 2.03. The van der Waals surface area contributed by atoms with Crippen molar-refractivity contribution in [2.75, 3.05) is 13.2 Å². The summed E-state index contributed by atoms with van der Waals surface area (Å²) in [5.41, 5.74) is -3.17. The molecule has 4 aliphatic carbocycles. The maximum Gasteiger partial charge on any atom is 0.316 e. The second kappa shape index (κ2) is 5.63. The Kier molecular flexibility index (Phi) is 3.62. The van der Waals surface area contributed by atoms with Gasteiger partial charge in [0, 0.05) is 32.3 Å². The van der Waals surface area contributed by atoms with Gasteiger partial charge in [0.15, 0.2) is 0 Å². The Bertz CT molecular complexity index is 896. The summed E-state index contributed by atoms with van der Waals surface area (Å²) in [6, 6.07) is 0. The van der Waals surface area contributed by atoms with Gasteiger partial charge in [0.2, 0.25) is 0 Å². The first-order valence-corrected chi connectivity index (χ1v) is 11.4. The number of carbonyl (C=O) groups is 3. The molecule has 9 atom stereocenters. The first-order valence-electron chi connectivity index (χ1n) is 11.4. The fourth-order valence-corrected chi connectivity index (χ4v) is 9.23. The maximum atomic E-state index is 13.3. The van der Waals surface area contributed by atoms with E-state index >= 15 is 0 Å². The Morgan fingerprint density at radius 3 is 2.52 bits per heavy atom. The molecular weight excluding hydrogens is 404 g/mol. The van der Waals surface area contributed by atoms with Crippen molar-refractivity contribution in [1.29, 1.82) is 0 Å². The van der Waals surface area contributed by atoms with Gasteiger partial charge < -0.3 is 24.1 Å². The van der Waals surface area contributed by atoms with Gasteiger partial charge in [-0.25, -0.2) is 0 Å². The minimum absolute atomic E-state index is 0.0680. The molecule has 8 nitrogen and oxygen atoms in total. The van der Waals surface area contributed by atoms with Gasteiger partial charge in [0.1, 0.15) is 28.3 Å². The number of aliphatic hydroxyl groups excluding tert-OH is 1. The Labute approximate surface area is 180 Å². The monoisotopic (exact) mass is 434 g/mol. The number of aliphatic hydroxyl groups is 1. The fraction of sp³-hybridized carbons (Fsp3) is 0.870. The zero-order valence-electron chi connectivity index (χ0n) is 18.3. The molecule has 0 amide bonds. The lowest BCUT2D eigenvalue weighted by molar-refractivity contribution is -0.174. The van der Waals surface area contributed by atoms with E-state index in [9.17, 15) is 19.5 Å². The molecule has 4 bridgehead atoms. The number of rotatable bonds is 3. The van der Waals surface area contributed by atoms with Crippen molar-refractivity contribution in [2.24, 2.45) is 28.6 Å². The molecule has 1 N–H and O–H groups in total. The van der Waals surface area contributed by atoms with Gasteiger partial charge in [0.05, 0.1) is 6.61 Å². The largest absolute Gasteiger partial charge is 0.461 e. The highest BCUT2D eigenvalue weighted by atomic mass is 16.6. The average molecular weight is 434 g/mol. The molecule has 170 valence electrons. The molecule has 0 aromatic carbocycles. The molecule has 0 aromatic heterocycles. The van der Waals surface area contributed by atoms with E-state index in [1.807, 2.05) is 6.92 Å². The number of epoxide rings is 1. The Morgan fingerprint density at radius 1 is 1.16 bits per heavy atom. The third-order valence-electron chi connectivity index (χ3n) is 10.0. The first-order chi connectivity index (χ1) is 14.6. The van der Waals surface area contributed by atoms with Crippen LogP contribution in [0, 0.1) is 28.6 Å². The van der Waals surface area contributed by atoms with E-state index < -0.39 is 34.3 Å². The summed E-state index contributed by atoms with van der Waals surface area (Å²) in [6.45, 7) is 5.11. The molecule has 2 spiro atoms. The van der Waals surface area contributed by atoms with Gasteiger partial charge in [-0.2, -0.15) is 0 Å². The SMILES string of the molecule is CC(=O)O[C@H]1CC[C@]23OC(=O)[C@@]1(C)[C@H]2[C@H](CO)[C@]12CC4(CO4)[C@](OC(C)=O)(CC[C@H]13)C2. The second-order valence-corrected chi connectivity index (χ2v) is 11.1. The van der Waals surface area contributed by atoms with Crippen molar-refractivity contribution >= 4 is 17.9 Å². The molecule has 1 unspecified atom stereocenters. The summed E-state index contributed by atoms with van der Waals surface area (Å²) in [6.07, 6.45) is 3.38. The number of esters is 3. The van der Waals surface area contributed by atoms with Crippen molar-refractivity contribution in [3.63, 3.8) is 0 Å². The highest BCUT2D eigenvalue weighted by Gasteiger charge is 2.87. The minimum atomic E-state index is -0.992. The van der Waals surface area contributed by atoms with Crippen LogP contribution in [0.5, 0.6) is 0 Å². The molecule has 8 heteroatoms. The lowest BCUT2D eigenvalue weighted by atomic mass is 9.59. The van der Waals surface area contributed by atoms with Crippen molar-refractivity contribution in [3.8, 4) is 0 Å². The van der Waals surface area contributed by atoms with Crippen molar-refractivity contribution in [2.45, 2.75) is 82.2 Å². The van der Waals surface area contributed by atoms with Crippen LogP contribution in [0.15, 0.2) is 0 Å². The molecule has 2 aliphatic heterocycles. The summed E-state index contributed by atoms with van der Waals surface area (Å²) in [5, 5.41) is 10.7.